The van der Waals surface area contributed by atoms with Crippen molar-refractivity contribution in [2.24, 2.45) is 0 Å². The Labute approximate surface area is 157 Å². The van der Waals surface area contributed by atoms with E-state index in [1.807, 2.05) is 20.8 Å². The fourth-order valence-electron chi connectivity index (χ4n) is 2.45. The lowest BCUT2D eigenvalue weighted by Crippen LogP contribution is -2.42. The van der Waals surface area contributed by atoms with E-state index < -0.39 is 21.4 Å². The first-order valence-electron chi connectivity index (χ1n) is 8.45. The molecule has 1 aromatic heterocycles. The van der Waals surface area contributed by atoms with Gasteiger partial charge >= 0.3 is 0 Å². The average Bonchev–Trinajstić information content (AvgIpc) is 3.11. The summed E-state index contributed by atoms with van der Waals surface area (Å²) in [6, 6.07) is 12.2. The molecular formula is C19H20FN3O3S. The molecule has 3 aromatic rings. The summed E-state index contributed by atoms with van der Waals surface area (Å²) in [5.41, 5.74) is 0.121. The van der Waals surface area contributed by atoms with Gasteiger partial charge in [0.15, 0.2) is 0 Å². The third-order valence-corrected chi connectivity index (χ3v) is 5.97. The number of rotatable bonds is 6. The topological polar surface area (TPSA) is 85.1 Å². The summed E-state index contributed by atoms with van der Waals surface area (Å²) in [6.45, 7) is 5.52. The van der Waals surface area contributed by atoms with Gasteiger partial charge < -0.3 is 4.52 Å². The Morgan fingerprint density at radius 3 is 2.59 bits per heavy atom. The van der Waals surface area contributed by atoms with Crippen molar-refractivity contribution in [3.05, 3.63) is 54.3 Å². The Bertz CT molecular complexity index is 1060. The maximum absolute atomic E-state index is 13.4. The lowest BCUT2D eigenvalue weighted by Gasteiger charge is -2.24. The number of benzene rings is 2. The van der Waals surface area contributed by atoms with E-state index in [1.54, 1.807) is 24.3 Å². The minimum Gasteiger partial charge on any atom is -0.334 e. The second-order valence-electron chi connectivity index (χ2n) is 6.77. The number of hydrogen-bond acceptors (Lipinski definition) is 5. The third kappa shape index (κ3) is 4.23. The third-order valence-electron chi connectivity index (χ3n) is 4.21. The minimum absolute atomic E-state index is 0.0426. The lowest BCUT2D eigenvalue weighted by molar-refractivity contribution is 0.429. The number of hydrogen-bond donors (Lipinski definition) is 1. The summed E-state index contributed by atoms with van der Waals surface area (Å²) in [5.74, 6) is -0.198. The standard InChI is InChI=1S/C19H20FN3O3S/c1-4-19(2,3)23-27(24,25)16-11-6-5-10-15(16)18-21-17(22-26-18)13-8-7-9-14(20)12-13/h5-12,23H,4H2,1-3H3. The van der Waals surface area contributed by atoms with Crippen LogP contribution in [0.15, 0.2) is 57.9 Å². The first-order valence-corrected chi connectivity index (χ1v) is 9.93. The van der Waals surface area contributed by atoms with Crippen molar-refractivity contribution >= 4 is 10.0 Å². The summed E-state index contributed by atoms with van der Waals surface area (Å²) >= 11 is 0. The van der Waals surface area contributed by atoms with Gasteiger partial charge in [0.25, 0.3) is 5.89 Å². The molecule has 0 aliphatic carbocycles. The van der Waals surface area contributed by atoms with Crippen LogP contribution in [0, 0.1) is 5.82 Å². The zero-order valence-corrected chi connectivity index (χ0v) is 16.0. The second-order valence-corrected chi connectivity index (χ2v) is 8.42. The van der Waals surface area contributed by atoms with Gasteiger partial charge in [0, 0.05) is 11.1 Å². The Kier molecular flexibility index (Phi) is 5.12. The van der Waals surface area contributed by atoms with Crippen molar-refractivity contribution in [3.63, 3.8) is 0 Å². The molecular weight excluding hydrogens is 369 g/mol. The van der Waals surface area contributed by atoms with E-state index in [1.165, 1.54) is 24.3 Å². The van der Waals surface area contributed by atoms with Crippen molar-refractivity contribution in [2.45, 2.75) is 37.6 Å². The van der Waals surface area contributed by atoms with Gasteiger partial charge in [-0.1, -0.05) is 36.3 Å². The molecule has 0 aliphatic rings. The smallest absolute Gasteiger partial charge is 0.259 e. The fraction of sp³-hybridized carbons (Fsp3) is 0.263. The number of sulfonamides is 1. The molecule has 3 rings (SSSR count). The molecule has 0 atom stereocenters. The highest BCUT2D eigenvalue weighted by atomic mass is 32.2. The highest BCUT2D eigenvalue weighted by Gasteiger charge is 2.28. The van der Waals surface area contributed by atoms with E-state index in [0.29, 0.717) is 12.0 Å². The highest BCUT2D eigenvalue weighted by Crippen LogP contribution is 2.29. The summed E-state index contributed by atoms with van der Waals surface area (Å²) < 4.78 is 47.1. The molecule has 0 amide bonds. The zero-order chi connectivity index (χ0) is 19.7. The van der Waals surface area contributed by atoms with Gasteiger partial charge in [-0.05, 0) is 44.5 Å². The SMILES string of the molecule is CCC(C)(C)NS(=O)(=O)c1ccccc1-c1nc(-c2cccc(F)c2)no1. The number of nitrogens with zero attached hydrogens (tertiary/aromatic N) is 2. The van der Waals surface area contributed by atoms with Crippen molar-refractivity contribution < 1.29 is 17.3 Å². The lowest BCUT2D eigenvalue weighted by atomic mass is 10.0. The number of nitrogens with one attached hydrogen (secondary N) is 1. The molecule has 0 saturated carbocycles. The average molecular weight is 389 g/mol. The van der Waals surface area contributed by atoms with Gasteiger partial charge in [0.2, 0.25) is 15.8 Å². The predicted molar refractivity (Wildman–Crippen MR) is 99.8 cm³/mol. The monoisotopic (exact) mass is 389 g/mol. The summed E-state index contributed by atoms with van der Waals surface area (Å²) in [6.07, 6.45) is 0.624. The van der Waals surface area contributed by atoms with E-state index in [0.717, 1.165) is 0 Å². The Balaban J connectivity index is 2.03. The molecule has 6 nitrogen and oxygen atoms in total. The maximum Gasteiger partial charge on any atom is 0.259 e. The first-order chi connectivity index (χ1) is 12.7. The molecule has 0 unspecified atom stereocenters. The molecule has 0 spiro atoms. The molecule has 2 aromatic carbocycles. The van der Waals surface area contributed by atoms with Crippen LogP contribution in [-0.2, 0) is 10.0 Å². The van der Waals surface area contributed by atoms with Crippen molar-refractivity contribution in [1.29, 1.82) is 0 Å². The quantitative estimate of drug-likeness (QED) is 0.688. The van der Waals surface area contributed by atoms with Gasteiger partial charge in [0.1, 0.15) is 5.82 Å². The number of halogens is 1. The molecule has 0 aliphatic heterocycles. The van der Waals surface area contributed by atoms with E-state index in [-0.39, 0.29) is 22.2 Å². The summed E-state index contributed by atoms with van der Waals surface area (Å²) in [5, 5.41) is 3.85. The van der Waals surface area contributed by atoms with Crippen LogP contribution in [0.4, 0.5) is 4.39 Å². The fourth-order valence-corrected chi connectivity index (χ4v) is 4.13. The summed E-state index contributed by atoms with van der Waals surface area (Å²) in [4.78, 5) is 4.29. The van der Waals surface area contributed by atoms with E-state index in [4.69, 9.17) is 4.52 Å². The van der Waals surface area contributed by atoms with Crippen molar-refractivity contribution in [1.82, 2.24) is 14.9 Å². The van der Waals surface area contributed by atoms with E-state index in [2.05, 4.69) is 14.9 Å². The number of aromatic nitrogens is 2. The Morgan fingerprint density at radius 2 is 1.89 bits per heavy atom. The van der Waals surface area contributed by atoms with E-state index in [9.17, 15) is 12.8 Å². The van der Waals surface area contributed by atoms with Crippen molar-refractivity contribution in [2.75, 3.05) is 0 Å². The first kappa shape index (κ1) is 19.2. The molecule has 0 bridgehead atoms. The van der Waals surface area contributed by atoms with Gasteiger partial charge in [-0.25, -0.2) is 17.5 Å². The highest BCUT2D eigenvalue weighted by molar-refractivity contribution is 7.89. The Morgan fingerprint density at radius 1 is 1.15 bits per heavy atom. The van der Waals surface area contributed by atoms with Crippen LogP contribution in [0.1, 0.15) is 27.2 Å². The molecule has 8 heteroatoms. The minimum atomic E-state index is -3.81. The van der Waals surface area contributed by atoms with Crippen LogP contribution in [0.5, 0.6) is 0 Å². The predicted octanol–water partition coefficient (Wildman–Crippen LogP) is 4.01. The van der Waals surface area contributed by atoms with Crippen LogP contribution in [0.2, 0.25) is 0 Å². The van der Waals surface area contributed by atoms with Gasteiger partial charge in [-0.2, -0.15) is 4.98 Å². The molecule has 1 N–H and O–H groups in total. The summed E-state index contributed by atoms with van der Waals surface area (Å²) in [7, 11) is -3.81. The second kappa shape index (κ2) is 7.21. The largest absolute Gasteiger partial charge is 0.334 e. The van der Waals surface area contributed by atoms with Crippen LogP contribution >= 0.6 is 0 Å². The van der Waals surface area contributed by atoms with Crippen LogP contribution in [0.25, 0.3) is 22.8 Å². The normalized spacial score (nSPS) is 12.3. The molecule has 0 saturated heterocycles. The van der Waals surface area contributed by atoms with Crippen LogP contribution in [-0.4, -0.2) is 24.1 Å². The molecule has 27 heavy (non-hydrogen) atoms. The van der Waals surface area contributed by atoms with Gasteiger partial charge in [-0.15, -0.1) is 0 Å². The molecule has 142 valence electrons. The molecule has 0 radical (unpaired) electrons. The van der Waals surface area contributed by atoms with Crippen LogP contribution in [0.3, 0.4) is 0 Å². The van der Waals surface area contributed by atoms with E-state index >= 15 is 0 Å². The Hall–Kier alpha value is -2.58. The van der Waals surface area contributed by atoms with Crippen LogP contribution < -0.4 is 4.72 Å². The van der Waals surface area contributed by atoms with Gasteiger partial charge in [0.05, 0.1) is 10.5 Å². The molecule has 0 fully saturated rings. The van der Waals surface area contributed by atoms with Gasteiger partial charge in [-0.3, -0.25) is 0 Å². The zero-order valence-electron chi connectivity index (χ0n) is 15.2. The van der Waals surface area contributed by atoms with Crippen molar-refractivity contribution in [3.8, 4) is 22.8 Å². The molecule has 1 heterocycles. The maximum atomic E-state index is 13.4.